The Bertz CT molecular complexity index is 1150. The number of hydrogen-bond donors (Lipinski definition) is 2. The summed E-state index contributed by atoms with van der Waals surface area (Å²) in [6.07, 6.45) is 9.58. The van der Waals surface area contributed by atoms with Gasteiger partial charge in [-0.25, -0.2) is 18.4 Å². The Morgan fingerprint density at radius 1 is 1.17 bits per heavy atom. The number of aryl methyl sites for hydroxylation is 2. The number of rotatable bonds is 6. The third-order valence-corrected chi connectivity index (χ3v) is 5.34. The van der Waals surface area contributed by atoms with Crippen LogP contribution in [0.4, 0.5) is 0 Å². The number of nitrogens with one attached hydrogen (secondary N) is 2. The molecule has 0 bridgehead atoms. The van der Waals surface area contributed by atoms with Gasteiger partial charge in [0, 0.05) is 30.4 Å². The Kier molecular flexibility index (Phi) is 5.70. The number of nitrogens with zero attached hydrogens (tertiary/aromatic N) is 3. The minimum atomic E-state index is -3.27. The summed E-state index contributed by atoms with van der Waals surface area (Å²) < 4.78 is 23.3. The highest BCUT2D eigenvalue weighted by molar-refractivity contribution is 7.90. The van der Waals surface area contributed by atoms with Gasteiger partial charge in [-0.05, 0) is 51.7 Å². The molecule has 0 spiro atoms. The van der Waals surface area contributed by atoms with Gasteiger partial charge in [-0.2, -0.15) is 0 Å². The number of pyridine rings is 1. The fraction of sp³-hybridized carbons (Fsp3) is 0.400. The maximum absolute atomic E-state index is 12.5. The van der Waals surface area contributed by atoms with Crippen molar-refractivity contribution in [1.82, 2.24) is 25.3 Å². The smallest absolute Gasteiger partial charge is 0.255 e. The van der Waals surface area contributed by atoms with E-state index in [1.54, 1.807) is 24.7 Å². The molecule has 0 aliphatic carbocycles. The molecule has 3 aromatic heterocycles. The van der Waals surface area contributed by atoms with Crippen molar-refractivity contribution in [3.05, 3.63) is 47.7 Å². The third kappa shape index (κ3) is 5.38. The van der Waals surface area contributed by atoms with Crippen molar-refractivity contribution in [2.45, 2.75) is 50.5 Å². The van der Waals surface area contributed by atoms with Crippen LogP contribution in [-0.4, -0.2) is 46.1 Å². The summed E-state index contributed by atoms with van der Waals surface area (Å²) in [5.74, 6) is -0.195. The number of amides is 1. The third-order valence-electron chi connectivity index (χ3n) is 4.26. The molecule has 3 heterocycles. The molecule has 3 rings (SSSR count). The molecule has 3 aromatic rings. The summed E-state index contributed by atoms with van der Waals surface area (Å²) in [7, 11) is -3.27. The first-order chi connectivity index (χ1) is 13.5. The van der Waals surface area contributed by atoms with E-state index < -0.39 is 9.84 Å². The van der Waals surface area contributed by atoms with Crippen molar-refractivity contribution in [2.24, 2.45) is 0 Å². The average molecular weight is 416 g/mol. The number of H-pyrrole nitrogens is 1. The quantitative estimate of drug-likeness (QED) is 0.638. The van der Waals surface area contributed by atoms with Crippen LogP contribution in [-0.2, 0) is 22.7 Å². The Hall–Kier alpha value is -2.81. The second-order valence-electron chi connectivity index (χ2n) is 8.12. The molecule has 2 N–H and O–H groups in total. The van der Waals surface area contributed by atoms with E-state index in [1.807, 2.05) is 20.8 Å². The number of sulfone groups is 1. The standard InChI is InChI=1S/C20H25N5O3S/c1-20(2,3)25-19(26)16-12-23-18-17(16)24-14(10-22-18)7-5-6-13-8-15(11-21-9-13)29(4,27)28/h8-12H,5-7H2,1-4H3,(H,22,23)(H,25,26). The summed E-state index contributed by atoms with van der Waals surface area (Å²) >= 11 is 0. The van der Waals surface area contributed by atoms with Crippen molar-refractivity contribution in [3.8, 4) is 0 Å². The Morgan fingerprint density at radius 3 is 2.62 bits per heavy atom. The van der Waals surface area contributed by atoms with Crippen LogP contribution in [0.2, 0.25) is 0 Å². The fourth-order valence-corrected chi connectivity index (χ4v) is 3.52. The SMILES string of the molecule is CC(C)(C)NC(=O)c1c[nH]c2ncc(CCCc3cncc(S(C)(=O)=O)c3)nc12. The molecule has 8 nitrogen and oxygen atoms in total. The number of carbonyl (C=O) groups is 1. The lowest BCUT2D eigenvalue weighted by Gasteiger charge is -2.20. The molecule has 0 saturated heterocycles. The lowest BCUT2D eigenvalue weighted by Crippen LogP contribution is -2.40. The van der Waals surface area contributed by atoms with E-state index >= 15 is 0 Å². The van der Waals surface area contributed by atoms with E-state index in [0.717, 1.165) is 17.7 Å². The van der Waals surface area contributed by atoms with Gasteiger partial charge in [0.2, 0.25) is 0 Å². The maximum Gasteiger partial charge on any atom is 0.255 e. The molecule has 0 atom stereocenters. The van der Waals surface area contributed by atoms with Gasteiger partial charge in [0.05, 0.1) is 22.3 Å². The van der Waals surface area contributed by atoms with Gasteiger partial charge in [-0.3, -0.25) is 9.78 Å². The van der Waals surface area contributed by atoms with Crippen LogP contribution in [0.3, 0.4) is 0 Å². The van der Waals surface area contributed by atoms with Crippen LogP contribution in [0.15, 0.2) is 35.7 Å². The maximum atomic E-state index is 12.5. The highest BCUT2D eigenvalue weighted by Crippen LogP contribution is 2.17. The Labute approximate surface area is 170 Å². The van der Waals surface area contributed by atoms with E-state index in [1.165, 1.54) is 12.5 Å². The number of aromatic nitrogens is 4. The van der Waals surface area contributed by atoms with Crippen molar-refractivity contribution in [2.75, 3.05) is 6.26 Å². The topological polar surface area (TPSA) is 118 Å². The zero-order chi connectivity index (χ0) is 21.2. The predicted molar refractivity (Wildman–Crippen MR) is 110 cm³/mol. The normalized spacial score (nSPS) is 12.3. The number of carbonyl (C=O) groups excluding carboxylic acids is 1. The fourth-order valence-electron chi connectivity index (χ4n) is 2.91. The highest BCUT2D eigenvalue weighted by atomic mass is 32.2. The second-order valence-corrected chi connectivity index (χ2v) is 10.1. The van der Waals surface area contributed by atoms with E-state index in [2.05, 4.69) is 25.3 Å². The molecule has 9 heteroatoms. The molecule has 0 saturated carbocycles. The summed E-state index contributed by atoms with van der Waals surface area (Å²) in [4.78, 5) is 28.7. The summed E-state index contributed by atoms with van der Waals surface area (Å²) in [5.41, 5.74) is 2.86. The Morgan fingerprint density at radius 2 is 1.93 bits per heavy atom. The lowest BCUT2D eigenvalue weighted by molar-refractivity contribution is 0.0921. The Balaban J connectivity index is 1.71. The van der Waals surface area contributed by atoms with E-state index in [0.29, 0.717) is 29.6 Å². The predicted octanol–water partition coefficient (Wildman–Crippen LogP) is 2.46. The molecule has 0 radical (unpaired) electrons. The van der Waals surface area contributed by atoms with Crippen LogP contribution < -0.4 is 5.32 Å². The van der Waals surface area contributed by atoms with Crippen LogP contribution in [0.25, 0.3) is 11.2 Å². The molecule has 0 aliphatic heterocycles. The number of hydrogen-bond acceptors (Lipinski definition) is 6. The molecule has 1 amide bonds. The van der Waals surface area contributed by atoms with Crippen LogP contribution in [0.1, 0.15) is 48.8 Å². The van der Waals surface area contributed by atoms with E-state index in [9.17, 15) is 13.2 Å². The van der Waals surface area contributed by atoms with Crippen molar-refractivity contribution >= 4 is 26.9 Å². The molecular formula is C20H25N5O3S. The molecule has 29 heavy (non-hydrogen) atoms. The number of aromatic amines is 1. The van der Waals surface area contributed by atoms with Gasteiger partial charge in [-0.15, -0.1) is 0 Å². The minimum absolute atomic E-state index is 0.195. The zero-order valence-electron chi connectivity index (χ0n) is 17.0. The van der Waals surface area contributed by atoms with E-state index in [4.69, 9.17) is 0 Å². The number of fused-ring (bicyclic) bond motifs is 1. The van der Waals surface area contributed by atoms with Crippen molar-refractivity contribution in [1.29, 1.82) is 0 Å². The molecule has 154 valence electrons. The summed E-state index contributed by atoms with van der Waals surface area (Å²) in [6.45, 7) is 5.76. The van der Waals surface area contributed by atoms with Gasteiger partial charge in [0.15, 0.2) is 15.5 Å². The van der Waals surface area contributed by atoms with Gasteiger partial charge in [0.25, 0.3) is 5.91 Å². The molecule has 0 fully saturated rings. The van der Waals surface area contributed by atoms with Crippen LogP contribution in [0.5, 0.6) is 0 Å². The second kappa shape index (κ2) is 7.90. The minimum Gasteiger partial charge on any atom is -0.347 e. The van der Waals surface area contributed by atoms with E-state index in [-0.39, 0.29) is 16.3 Å². The summed E-state index contributed by atoms with van der Waals surface area (Å²) in [6, 6.07) is 1.65. The largest absolute Gasteiger partial charge is 0.347 e. The first kappa shape index (κ1) is 20.9. The zero-order valence-corrected chi connectivity index (χ0v) is 17.8. The first-order valence-corrected chi connectivity index (χ1v) is 11.2. The lowest BCUT2D eigenvalue weighted by atomic mass is 10.1. The molecule has 0 unspecified atom stereocenters. The van der Waals surface area contributed by atoms with Gasteiger partial charge in [-0.1, -0.05) is 0 Å². The van der Waals surface area contributed by atoms with Crippen LogP contribution in [0, 0.1) is 0 Å². The first-order valence-electron chi connectivity index (χ1n) is 9.32. The van der Waals surface area contributed by atoms with Gasteiger partial charge < -0.3 is 10.3 Å². The molecular weight excluding hydrogens is 390 g/mol. The monoisotopic (exact) mass is 415 g/mol. The van der Waals surface area contributed by atoms with Crippen LogP contribution >= 0.6 is 0 Å². The molecule has 0 aromatic carbocycles. The van der Waals surface area contributed by atoms with Crippen molar-refractivity contribution < 1.29 is 13.2 Å². The molecule has 0 aliphatic rings. The highest BCUT2D eigenvalue weighted by Gasteiger charge is 2.19. The average Bonchev–Trinajstić information content (AvgIpc) is 3.03. The van der Waals surface area contributed by atoms with Crippen molar-refractivity contribution in [3.63, 3.8) is 0 Å². The van der Waals surface area contributed by atoms with Gasteiger partial charge >= 0.3 is 0 Å². The van der Waals surface area contributed by atoms with Gasteiger partial charge in [0.1, 0.15) is 5.52 Å². The summed E-state index contributed by atoms with van der Waals surface area (Å²) in [5, 5.41) is 2.93.